The average Bonchev–Trinajstić information content (AvgIpc) is 2.44. The SMILES string of the molecule is CCCCCNC(=O)C(C)NCCc1ccccc1. The molecule has 0 spiro atoms. The zero-order valence-corrected chi connectivity index (χ0v) is 12.1. The zero-order valence-electron chi connectivity index (χ0n) is 12.1. The first-order chi connectivity index (χ1) is 9.24. The van der Waals surface area contributed by atoms with Crippen LogP contribution < -0.4 is 10.6 Å². The number of unbranched alkanes of at least 4 members (excludes halogenated alkanes) is 2. The third kappa shape index (κ3) is 6.97. The Hall–Kier alpha value is -1.35. The summed E-state index contributed by atoms with van der Waals surface area (Å²) in [5.41, 5.74) is 1.30. The van der Waals surface area contributed by atoms with E-state index in [0.717, 1.165) is 25.9 Å². The van der Waals surface area contributed by atoms with Gasteiger partial charge in [0.15, 0.2) is 0 Å². The van der Waals surface area contributed by atoms with Crippen molar-refractivity contribution >= 4 is 5.91 Å². The number of amides is 1. The second-order valence-electron chi connectivity index (χ2n) is 4.91. The van der Waals surface area contributed by atoms with Crippen LogP contribution in [0.1, 0.15) is 38.7 Å². The maximum Gasteiger partial charge on any atom is 0.236 e. The molecular weight excluding hydrogens is 236 g/mol. The summed E-state index contributed by atoms with van der Waals surface area (Å²) in [6.45, 7) is 5.70. The van der Waals surface area contributed by atoms with Crippen LogP contribution in [-0.4, -0.2) is 25.0 Å². The van der Waals surface area contributed by atoms with E-state index >= 15 is 0 Å². The van der Waals surface area contributed by atoms with Gasteiger partial charge in [-0.2, -0.15) is 0 Å². The quantitative estimate of drug-likeness (QED) is 0.671. The van der Waals surface area contributed by atoms with E-state index in [9.17, 15) is 4.79 Å². The standard InChI is InChI=1S/C16H26N2O/c1-3-4-8-12-18-16(19)14(2)17-13-11-15-9-6-5-7-10-15/h5-7,9-10,14,17H,3-4,8,11-13H2,1-2H3,(H,18,19). The third-order valence-electron chi connectivity index (χ3n) is 3.18. The van der Waals surface area contributed by atoms with Gasteiger partial charge in [-0.05, 0) is 31.9 Å². The van der Waals surface area contributed by atoms with Gasteiger partial charge in [-0.15, -0.1) is 0 Å². The summed E-state index contributed by atoms with van der Waals surface area (Å²) in [4.78, 5) is 11.8. The van der Waals surface area contributed by atoms with E-state index in [1.54, 1.807) is 0 Å². The number of carbonyl (C=O) groups is 1. The normalized spacial score (nSPS) is 12.1. The highest BCUT2D eigenvalue weighted by Crippen LogP contribution is 1.98. The molecule has 0 aliphatic rings. The van der Waals surface area contributed by atoms with Gasteiger partial charge in [-0.3, -0.25) is 4.79 Å². The minimum Gasteiger partial charge on any atom is -0.355 e. The first kappa shape index (κ1) is 15.7. The molecule has 3 heteroatoms. The molecule has 106 valence electrons. The van der Waals surface area contributed by atoms with Crippen molar-refractivity contribution in [1.29, 1.82) is 0 Å². The van der Waals surface area contributed by atoms with Crippen LogP contribution in [0.3, 0.4) is 0 Å². The fourth-order valence-electron chi connectivity index (χ4n) is 1.91. The minimum absolute atomic E-state index is 0.101. The Kier molecular flexibility index (Phi) is 7.91. The Bertz CT molecular complexity index is 351. The van der Waals surface area contributed by atoms with Crippen molar-refractivity contribution in [3.05, 3.63) is 35.9 Å². The molecule has 19 heavy (non-hydrogen) atoms. The number of benzene rings is 1. The number of hydrogen-bond donors (Lipinski definition) is 2. The van der Waals surface area contributed by atoms with E-state index in [1.807, 2.05) is 25.1 Å². The van der Waals surface area contributed by atoms with Crippen LogP contribution >= 0.6 is 0 Å². The van der Waals surface area contributed by atoms with Gasteiger partial charge in [-0.25, -0.2) is 0 Å². The Morgan fingerprint density at radius 3 is 2.58 bits per heavy atom. The summed E-state index contributed by atoms with van der Waals surface area (Å²) in [5, 5.41) is 6.22. The van der Waals surface area contributed by atoms with E-state index in [0.29, 0.717) is 0 Å². The summed E-state index contributed by atoms with van der Waals surface area (Å²) >= 11 is 0. The van der Waals surface area contributed by atoms with Gasteiger partial charge in [0.25, 0.3) is 0 Å². The highest BCUT2D eigenvalue weighted by molar-refractivity contribution is 5.81. The van der Waals surface area contributed by atoms with Gasteiger partial charge < -0.3 is 10.6 Å². The van der Waals surface area contributed by atoms with E-state index in [-0.39, 0.29) is 11.9 Å². The summed E-state index contributed by atoms with van der Waals surface area (Å²) in [7, 11) is 0. The minimum atomic E-state index is -0.120. The van der Waals surface area contributed by atoms with Crippen LogP contribution in [0.25, 0.3) is 0 Å². The number of nitrogens with one attached hydrogen (secondary N) is 2. The molecule has 1 aromatic rings. The summed E-state index contributed by atoms with van der Waals surface area (Å²) in [6, 6.07) is 10.2. The molecule has 3 nitrogen and oxygen atoms in total. The van der Waals surface area contributed by atoms with Gasteiger partial charge in [-0.1, -0.05) is 50.1 Å². The van der Waals surface area contributed by atoms with Crippen molar-refractivity contribution < 1.29 is 4.79 Å². The first-order valence-corrected chi connectivity index (χ1v) is 7.29. The van der Waals surface area contributed by atoms with Crippen molar-refractivity contribution in [2.45, 2.75) is 45.6 Å². The maximum absolute atomic E-state index is 11.8. The van der Waals surface area contributed by atoms with Crippen LogP contribution in [0.4, 0.5) is 0 Å². The Morgan fingerprint density at radius 1 is 1.16 bits per heavy atom. The Balaban J connectivity index is 2.12. The zero-order chi connectivity index (χ0) is 13.9. The molecular formula is C16H26N2O. The van der Waals surface area contributed by atoms with Gasteiger partial charge in [0.2, 0.25) is 5.91 Å². The molecule has 0 aromatic heterocycles. The van der Waals surface area contributed by atoms with Gasteiger partial charge in [0, 0.05) is 6.54 Å². The highest BCUT2D eigenvalue weighted by Gasteiger charge is 2.10. The second-order valence-corrected chi connectivity index (χ2v) is 4.91. The molecule has 0 fully saturated rings. The fraction of sp³-hybridized carbons (Fsp3) is 0.562. The summed E-state index contributed by atoms with van der Waals surface area (Å²) < 4.78 is 0. The largest absolute Gasteiger partial charge is 0.355 e. The van der Waals surface area contributed by atoms with Crippen molar-refractivity contribution in [3.63, 3.8) is 0 Å². The topological polar surface area (TPSA) is 41.1 Å². The van der Waals surface area contributed by atoms with Crippen molar-refractivity contribution in [2.75, 3.05) is 13.1 Å². The van der Waals surface area contributed by atoms with E-state index in [4.69, 9.17) is 0 Å². The molecule has 1 rings (SSSR count). The van der Waals surface area contributed by atoms with E-state index in [1.165, 1.54) is 18.4 Å². The van der Waals surface area contributed by atoms with Gasteiger partial charge >= 0.3 is 0 Å². The molecule has 1 aromatic carbocycles. The highest BCUT2D eigenvalue weighted by atomic mass is 16.2. The molecule has 2 N–H and O–H groups in total. The molecule has 0 heterocycles. The Morgan fingerprint density at radius 2 is 1.89 bits per heavy atom. The molecule has 0 aliphatic heterocycles. The van der Waals surface area contributed by atoms with Crippen molar-refractivity contribution in [3.8, 4) is 0 Å². The lowest BCUT2D eigenvalue weighted by atomic mass is 10.1. The first-order valence-electron chi connectivity index (χ1n) is 7.29. The molecule has 0 saturated heterocycles. The number of rotatable bonds is 9. The van der Waals surface area contributed by atoms with Gasteiger partial charge in [0.1, 0.15) is 0 Å². The molecule has 0 saturated carbocycles. The lowest BCUT2D eigenvalue weighted by Crippen LogP contribution is -2.43. The lowest BCUT2D eigenvalue weighted by Gasteiger charge is -2.14. The Labute approximate surface area is 116 Å². The summed E-state index contributed by atoms with van der Waals surface area (Å²) in [6.07, 6.45) is 4.38. The number of hydrogen-bond acceptors (Lipinski definition) is 2. The van der Waals surface area contributed by atoms with Crippen LogP contribution in [0, 0.1) is 0 Å². The van der Waals surface area contributed by atoms with E-state index in [2.05, 4.69) is 29.7 Å². The predicted molar refractivity (Wildman–Crippen MR) is 80.1 cm³/mol. The third-order valence-corrected chi connectivity index (χ3v) is 3.18. The smallest absolute Gasteiger partial charge is 0.236 e. The van der Waals surface area contributed by atoms with Crippen LogP contribution in [0.5, 0.6) is 0 Å². The van der Waals surface area contributed by atoms with Crippen LogP contribution in [0.2, 0.25) is 0 Å². The van der Waals surface area contributed by atoms with Crippen molar-refractivity contribution in [2.24, 2.45) is 0 Å². The fourth-order valence-corrected chi connectivity index (χ4v) is 1.91. The summed E-state index contributed by atoms with van der Waals surface area (Å²) in [5.74, 6) is 0.101. The van der Waals surface area contributed by atoms with Crippen LogP contribution in [-0.2, 0) is 11.2 Å². The van der Waals surface area contributed by atoms with Gasteiger partial charge in [0.05, 0.1) is 6.04 Å². The monoisotopic (exact) mass is 262 g/mol. The van der Waals surface area contributed by atoms with Crippen LogP contribution in [0.15, 0.2) is 30.3 Å². The van der Waals surface area contributed by atoms with Crippen molar-refractivity contribution in [1.82, 2.24) is 10.6 Å². The molecule has 0 bridgehead atoms. The molecule has 0 aliphatic carbocycles. The van der Waals surface area contributed by atoms with E-state index < -0.39 is 0 Å². The maximum atomic E-state index is 11.8. The molecule has 0 radical (unpaired) electrons. The molecule has 1 amide bonds. The molecule has 1 unspecified atom stereocenters. The number of carbonyl (C=O) groups excluding carboxylic acids is 1. The second kappa shape index (κ2) is 9.56. The molecule has 1 atom stereocenters. The predicted octanol–water partition coefficient (Wildman–Crippen LogP) is 2.51. The lowest BCUT2D eigenvalue weighted by molar-refractivity contribution is -0.122. The average molecular weight is 262 g/mol.